The number of carbonyl (C=O) groups excluding carboxylic acids is 1. The number of esters is 1. The molecule has 1 aromatic heterocycles. The number of hydrogen-bond donors (Lipinski definition) is 0. The van der Waals surface area contributed by atoms with Gasteiger partial charge in [0.25, 0.3) is 0 Å². The number of nitrogens with zero attached hydrogens (tertiary/aromatic N) is 2. The van der Waals surface area contributed by atoms with Crippen molar-refractivity contribution in [3.8, 4) is 22.7 Å². The minimum absolute atomic E-state index is 0.178. The molecule has 2 aromatic carbocycles. The number of aromatic nitrogens is 2. The van der Waals surface area contributed by atoms with Crippen LogP contribution in [0.3, 0.4) is 0 Å². The van der Waals surface area contributed by atoms with Crippen molar-refractivity contribution >= 4 is 29.2 Å². The Labute approximate surface area is 166 Å². The lowest BCUT2D eigenvalue weighted by atomic mass is 10.1. The van der Waals surface area contributed by atoms with Gasteiger partial charge in [-0.05, 0) is 49.2 Å². The van der Waals surface area contributed by atoms with Crippen LogP contribution in [-0.2, 0) is 4.74 Å². The molecule has 3 aromatic rings. The van der Waals surface area contributed by atoms with Gasteiger partial charge in [0, 0.05) is 10.6 Å². The molecule has 0 saturated heterocycles. The number of ether oxygens (including phenoxy) is 2. The van der Waals surface area contributed by atoms with E-state index in [1.807, 2.05) is 24.3 Å². The molecule has 1 heterocycles. The lowest BCUT2D eigenvalue weighted by Gasteiger charge is -2.11. The zero-order chi connectivity index (χ0) is 19.0. The van der Waals surface area contributed by atoms with Crippen LogP contribution < -0.4 is 4.74 Å². The third kappa shape index (κ3) is 3.80. The minimum atomic E-state index is -0.529. The summed E-state index contributed by atoms with van der Waals surface area (Å²) >= 11 is 12.5. The molecule has 0 amide bonds. The van der Waals surface area contributed by atoms with Crippen LogP contribution in [0.2, 0.25) is 10.0 Å². The zero-order valence-electron chi connectivity index (χ0n) is 14.5. The van der Waals surface area contributed by atoms with Gasteiger partial charge in [-0.25, -0.2) is 9.48 Å². The quantitative estimate of drug-likeness (QED) is 0.552. The summed E-state index contributed by atoms with van der Waals surface area (Å²) < 4.78 is 12.3. The van der Waals surface area contributed by atoms with E-state index >= 15 is 0 Å². The average molecular weight is 403 g/mol. The lowest BCUT2D eigenvalue weighted by Crippen LogP contribution is -2.05. The fraction of sp³-hybridized carbons (Fsp3) is 0.200. The average Bonchev–Trinajstić information content (AvgIpc) is 3.37. The van der Waals surface area contributed by atoms with Gasteiger partial charge in [0.2, 0.25) is 0 Å². The first kappa shape index (κ1) is 17.9. The summed E-state index contributed by atoms with van der Waals surface area (Å²) in [5.74, 6) is 0.248. The highest BCUT2D eigenvalue weighted by atomic mass is 35.5. The van der Waals surface area contributed by atoms with Crippen molar-refractivity contribution < 1.29 is 14.3 Å². The maximum Gasteiger partial charge on any atom is 0.358 e. The van der Waals surface area contributed by atoms with Gasteiger partial charge in [-0.3, -0.25) is 0 Å². The van der Waals surface area contributed by atoms with E-state index in [1.54, 1.807) is 28.9 Å². The fourth-order valence-corrected chi connectivity index (χ4v) is 3.09. The van der Waals surface area contributed by atoms with Crippen LogP contribution in [0.1, 0.15) is 23.3 Å². The highest BCUT2D eigenvalue weighted by Gasteiger charge is 2.24. The summed E-state index contributed by atoms with van der Waals surface area (Å²) in [5.41, 5.74) is 2.27. The van der Waals surface area contributed by atoms with Crippen molar-refractivity contribution in [1.29, 1.82) is 0 Å². The monoisotopic (exact) mass is 402 g/mol. The summed E-state index contributed by atoms with van der Waals surface area (Å²) in [6, 6.07) is 14.4. The lowest BCUT2D eigenvalue weighted by molar-refractivity contribution is 0.0593. The van der Waals surface area contributed by atoms with Crippen LogP contribution >= 0.6 is 23.2 Å². The van der Waals surface area contributed by atoms with Crippen molar-refractivity contribution in [3.05, 3.63) is 64.3 Å². The minimum Gasteiger partial charge on any atom is -0.490 e. The van der Waals surface area contributed by atoms with Gasteiger partial charge in [-0.2, -0.15) is 5.10 Å². The highest BCUT2D eigenvalue weighted by molar-refractivity contribution is 6.34. The molecule has 27 heavy (non-hydrogen) atoms. The van der Waals surface area contributed by atoms with Crippen LogP contribution in [0, 0.1) is 0 Å². The molecular weight excluding hydrogens is 387 g/mol. The van der Waals surface area contributed by atoms with Gasteiger partial charge in [0.05, 0.1) is 29.6 Å². The maximum atomic E-state index is 12.0. The summed E-state index contributed by atoms with van der Waals surface area (Å²) in [5, 5.41) is 5.37. The van der Waals surface area contributed by atoms with E-state index < -0.39 is 5.97 Å². The van der Waals surface area contributed by atoms with Crippen LogP contribution in [0.5, 0.6) is 5.75 Å². The largest absolute Gasteiger partial charge is 0.490 e. The molecule has 0 N–H and O–H groups in total. The topological polar surface area (TPSA) is 53.4 Å². The number of benzene rings is 2. The predicted octanol–water partition coefficient (Wildman–Crippen LogP) is 5.17. The van der Waals surface area contributed by atoms with Gasteiger partial charge >= 0.3 is 5.97 Å². The maximum absolute atomic E-state index is 12.0. The third-order valence-corrected chi connectivity index (χ3v) is 4.75. The summed E-state index contributed by atoms with van der Waals surface area (Å²) in [6.07, 6.45) is 2.44. The Hall–Kier alpha value is -2.50. The molecule has 1 fully saturated rings. The number of halogens is 2. The number of carbonyl (C=O) groups is 1. The second-order valence-corrected chi connectivity index (χ2v) is 7.10. The Bertz CT molecular complexity index is 1010. The molecule has 7 heteroatoms. The number of rotatable bonds is 5. The van der Waals surface area contributed by atoms with E-state index in [9.17, 15) is 4.79 Å². The van der Waals surface area contributed by atoms with E-state index in [1.165, 1.54) is 7.11 Å². The standard InChI is InChI=1S/C20H16Cl2N2O3/c1-26-20(25)17-11-18(12-3-2-4-15(9-12)27-14-6-7-14)24(23-17)19-10-13(21)5-8-16(19)22/h2-5,8-11,14H,6-7H2,1H3. The van der Waals surface area contributed by atoms with Crippen molar-refractivity contribution in [2.75, 3.05) is 7.11 Å². The second-order valence-electron chi connectivity index (χ2n) is 6.26. The van der Waals surface area contributed by atoms with E-state index in [4.69, 9.17) is 32.7 Å². The number of methoxy groups -OCH3 is 1. The SMILES string of the molecule is COC(=O)c1cc(-c2cccc(OC3CC3)c2)n(-c2cc(Cl)ccc2Cl)n1. The van der Waals surface area contributed by atoms with Crippen LogP contribution in [-0.4, -0.2) is 29.0 Å². The van der Waals surface area contributed by atoms with E-state index in [-0.39, 0.29) is 11.8 Å². The molecule has 0 aliphatic heterocycles. The Kier molecular flexibility index (Phi) is 4.81. The van der Waals surface area contributed by atoms with Crippen molar-refractivity contribution in [2.45, 2.75) is 18.9 Å². The molecule has 0 unspecified atom stereocenters. The first-order chi connectivity index (χ1) is 13.0. The highest BCUT2D eigenvalue weighted by Crippen LogP contribution is 2.33. The fourth-order valence-electron chi connectivity index (χ4n) is 2.73. The first-order valence-electron chi connectivity index (χ1n) is 8.46. The van der Waals surface area contributed by atoms with Crippen molar-refractivity contribution in [1.82, 2.24) is 9.78 Å². The molecular formula is C20H16Cl2N2O3. The summed E-state index contributed by atoms with van der Waals surface area (Å²) in [4.78, 5) is 12.0. The Balaban J connectivity index is 1.84. The molecule has 0 spiro atoms. The molecule has 138 valence electrons. The van der Waals surface area contributed by atoms with Gasteiger partial charge in [-0.15, -0.1) is 0 Å². The van der Waals surface area contributed by atoms with Crippen LogP contribution in [0.15, 0.2) is 48.5 Å². The first-order valence-corrected chi connectivity index (χ1v) is 9.21. The molecule has 4 rings (SSSR count). The molecule has 1 aliphatic carbocycles. The number of hydrogen-bond acceptors (Lipinski definition) is 4. The van der Waals surface area contributed by atoms with Gasteiger partial charge in [-0.1, -0.05) is 35.3 Å². The summed E-state index contributed by atoms with van der Waals surface area (Å²) in [6.45, 7) is 0. The van der Waals surface area contributed by atoms with Crippen molar-refractivity contribution in [2.24, 2.45) is 0 Å². The molecule has 1 saturated carbocycles. The molecule has 0 bridgehead atoms. The van der Waals surface area contributed by atoms with Gasteiger partial charge < -0.3 is 9.47 Å². The van der Waals surface area contributed by atoms with Gasteiger partial charge in [0.15, 0.2) is 5.69 Å². The summed E-state index contributed by atoms with van der Waals surface area (Å²) in [7, 11) is 1.32. The normalized spacial score (nSPS) is 13.4. The van der Waals surface area contributed by atoms with Gasteiger partial charge in [0.1, 0.15) is 5.75 Å². The Morgan fingerprint density at radius 2 is 1.96 bits per heavy atom. The van der Waals surface area contributed by atoms with E-state index in [2.05, 4.69) is 5.10 Å². The molecule has 5 nitrogen and oxygen atoms in total. The van der Waals surface area contributed by atoms with E-state index in [0.29, 0.717) is 21.4 Å². The van der Waals surface area contributed by atoms with Crippen LogP contribution in [0.25, 0.3) is 16.9 Å². The van der Waals surface area contributed by atoms with Crippen LogP contribution in [0.4, 0.5) is 0 Å². The molecule has 1 aliphatic rings. The third-order valence-electron chi connectivity index (χ3n) is 4.20. The zero-order valence-corrected chi connectivity index (χ0v) is 16.0. The Morgan fingerprint density at radius 1 is 1.15 bits per heavy atom. The van der Waals surface area contributed by atoms with Crippen molar-refractivity contribution in [3.63, 3.8) is 0 Å². The molecule has 0 atom stereocenters. The predicted molar refractivity (Wildman–Crippen MR) is 104 cm³/mol. The smallest absolute Gasteiger partial charge is 0.358 e. The molecule has 0 radical (unpaired) electrons. The second kappa shape index (κ2) is 7.25. The van der Waals surface area contributed by atoms with E-state index in [0.717, 1.165) is 24.2 Å². The Morgan fingerprint density at radius 3 is 2.70 bits per heavy atom.